The van der Waals surface area contributed by atoms with E-state index in [9.17, 15) is 0 Å². The molecule has 20 heavy (non-hydrogen) atoms. The molecule has 116 valence electrons. The largest absolute Gasteiger partial charge is 0.394 e. The molecule has 6 nitrogen and oxygen atoms in total. The third-order valence-electron chi connectivity index (χ3n) is 3.18. The number of nitrogens with zero attached hydrogens (tertiary/aromatic N) is 3. The zero-order chi connectivity index (χ0) is 15.0. The van der Waals surface area contributed by atoms with Crippen LogP contribution in [0.4, 0.5) is 11.5 Å². The monoisotopic (exact) mass is 284 g/mol. The number of ether oxygens (including phenoxy) is 2. The molecule has 1 rings (SSSR count). The van der Waals surface area contributed by atoms with Gasteiger partial charge in [-0.25, -0.2) is 0 Å². The zero-order valence-electron chi connectivity index (χ0n) is 13.2. The van der Waals surface area contributed by atoms with Crippen LogP contribution in [0.15, 0.2) is 0 Å². The first-order valence-corrected chi connectivity index (χ1v) is 7.37. The van der Waals surface area contributed by atoms with E-state index in [4.69, 9.17) is 15.2 Å². The lowest BCUT2D eigenvalue weighted by molar-refractivity contribution is 0.141. The Morgan fingerprint density at radius 3 is 2.05 bits per heavy atom. The molecule has 0 bridgehead atoms. The van der Waals surface area contributed by atoms with Gasteiger partial charge in [-0.2, -0.15) is 5.10 Å². The quantitative estimate of drug-likeness (QED) is 0.659. The van der Waals surface area contributed by atoms with Crippen LogP contribution in [-0.4, -0.2) is 49.3 Å². The number of hydrogen-bond donors (Lipinski definition) is 1. The van der Waals surface area contributed by atoms with E-state index in [0.29, 0.717) is 13.2 Å². The zero-order valence-corrected chi connectivity index (χ0v) is 13.2. The Balaban J connectivity index is 2.82. The molecule has 1 aromatic rings. The minimum Gasteiger partial charge on any atom is -0.394 e. The van der Waals surface area contributed by atoms with Crippen molar-refractivity contribution in [2.24, 2.45) is 7.05 Å². The second kappa shape index (κ2) is 8.81. The van der Waals surface area contributed by atoms with E-state index in [1.54, 1.807) is 0 Å². The number of anilines is 2. The summed E-state index contributed by atoms with van der Waals surface area (Å²) in [5.74, 6) is 0.959. The summed E-state index contributed by atoms with van der Waals surface area (Å²) < 4.78 is 12.8. The van der Waals surface area contributed by atoms with Gasteiger partial charge in [-0.15, -0.1) is 0 Å². The maximum Gasteiger partial charge on any atom is 0.150 e. The number of nitrogens with two attached hydrogens (primary N) is 1. The predicted octanol–water partition coefficient (Wildman–Crippen LogP) is 1.44. The first kappa shape index (κ1) is 16.8. The molecule has 0 aromatic carbocycles. The predicted molar refractivity (Wildman–Crippen MR) is 82.2 cm³/mol. The fraction of sp³-hybridized carbons (Fsp3) is 0.786. The number of rotatable bonds is 10. The van der Waals surface area contributed by atoms with Gasteiger partial charge in [0.15, 0.2) is 5.82 Å². The van der Waals surface area contributed by atoms with Gasteiger partial charge in [0, 0.05) is 33.4 Å². The maximum atomic E-state index is 6.22. The van der Waals surface area contributed by atoms with Crippen molar-refractivity contribution in [2.75, 3.05) is 50.2 Å². The average molecular weight is 284 g/mol. The van der Waals surface area contributed by atoms with Crippen molar-refractivity contribution in [1.82, 2.24) is 9.78 Å². The summed E-state index contributed by atoms with van der Waals surface area (Å²) in [5.41, 5.74) is 7.93. The molecule has 0 saturated carbocycles. The summed E-state index contributed by atoms with van der Waals surface area (Å²) >= 11 is 0. The molecule has 1 aromatic heterocycles. The summed E-state index contributed by atoms with van der Waals surface area (Å²) in [7, 11) is 1.93. The minimum absolute atomic E-state index is 0.675. The van der Waals surface area contributed by atoms with E-state index in [-0.39, 0.29) is 0 Å². The Labute approximate surface area is 121 Å². The van der Waals surface area contributed by atoms with Gasteiger partial charge in [0.1, 0.15) is 0 Å². The van der Waals surface area contributed by atoms with E-state index < -0.39 is 0 Å². The summed E-state index contributed by atoms with van der Waals surface area (Å²) in [4.78, 5) is 2.19. The normalized spacial score (nSPS) is 11.0. The van der Waals surface area contributed by atoms with E-state index in [1.807, 2.05) is 25.6 Å². The van der Waals surface area contributed by atoms with Crippen molar-refractivity contribution in [2.45, 2.75) is 27.2 Å². The van der Waals surface area contributed by atoms with Gasteiger partial charge in [-0.05, 0) is 20.3 Å². The van der Waals surface area contributed by atoms with Gasteiger partial charge < -0.3 is 20.1 Å². The molecule has 2 N–H and O–H groups in total. The van der Waals surface area contributed by atoms with Crippen molar-refractivity contribution < 1.29 is 9.47 Å². The van der Waals surface area contributed by atoms with Crippen LogP contribution in [0.5, 0.6) is 0 Å². The molecule has 0 atom stereocenters. The summed E-state index contributed by atoms with van der Waals surface area (Å²) in [5, 5.41) is 4.47. The van der Waals surface area contributed by atoms with Gasteiger partial charge in [0.05, 0.1) is 24.6 Å². The lowest BCUT2D eigenvalue weighted by atomic mass is 10.3. The molecule has 0 aliphatic heterocycles. The highest BCUT2D eigenvalue weighted by Crippen LogP contribution is 2.26. The lowest BCUT2D eigenvalue weighted by Crippen LogP contribution is -2.33. The minimum atomic E-state index is 0.675. The molecule has 0 fully saturated rings. The van der Waals surface area contributed by atoms with Crippen LogP contribution in [0.3, 0.4) is 0 Å². The number of aromatic nitrogens is 2. The Morgan fingerprint density at radius 1 is 1.10 bits per heavy atom. The number of nitrogen functional groups attached to an aromatic ring is 1. The van der Waals surface area contributed by atoms with Crippen LogP contribution in [0.1, 0.15) is 26.5 Å². The van der Waals surface area contributed by atoms with E-state index in [2.05, 4.69) is 16.9 Å². The summed E-state index contributed by atoms with van der Waals surface area (Å²) in [6.45, 7) is 10.4. The molecule has 0 radical (unpaired) electrons. The molecule has 1 heterocycles. The van der Waals surface area contributed by atoms with Crippen molar-refractivity contribution in [1.29, 1.82) is 0 Å². The first-order valence-electron chi connectivity index (χ1n) is 7.37. The molecule has 0 aliphatic rings. The SMILES string of the molecule is CCOCCN(CCOCC)c1c(N)c(CC)nn1C. The third-order valence-corrected chi connectivity index (χ3v) is 3.18. The van der Waals surface area contributed by atoms with E-state index >= 15 is 0 Å². The number of hydrogen-bond acceptors (Lipinski definition) is 5. The molecule has 0 unspecified atom stereocenters. The first-order chi connectivity index (χ1) is 9.65. The highest BCUT2D eigenvalue weighted by atomic mass is 16.5. The highest BCUT2D eigenvalue weighted by Gasteiger charge is 2.18. The maximum absolute atomic E-state index is 6.22. The van der Waals surface area contributed by atoms with Crippen molar-refractivity contribution in [3.05, 3.63) is 5.69 Å². The summed E-state index contributed by atoms with van der Waals surface area (Å²) in [6, 6.07) is 0. The van der Waals surface area contributed by atoms with Crippen molar-refractivity contribution >= 4 is 11.5 Å². The van der Waals surface area contributed by atoms with Gasteiger partial charge >= 0.3 is 0 Å². The molecular formula is C14H28N4O2. The van der Waals surface area contributed by atoms with Crippen molar-refractivity contribution in [3.63, 3.8) is 0 Å². The average Bonchev–Trinajstić information content (AvgIpc) is 2.72. The molecular weight excluding hydrogens is 256 g/mol. The Bertz CT molecular complexity index is 383. The van der Waals surface area contributed by atoms with Crippen LogP contribution in [-0.2, 0) is 22.9 Å². The lowest BCUT2D eigenvalue weighted by Gasteiger charge is -2.25. The van der Waals surface area contributed by atoms with Crippen LogP contribution in [0, 0.1) is 0 Å². The topological polar surface area (TPSA) is 65.5 Å². The van der Waals surface area contributed by atoms with E-state index in [1.165, 1.54) is 0 Å². The third kappa shape index (κ3) is 4.38. The van der Waals surface area contributed by atoms with Crippen LogP contribution in [0.2, 0.25) is 0 Å². The van der Waals surface area contributed by atoms with Crippen LogP contribution in [0.25, 0.3) is 0 Å². The molecule has 0 amide bonds. The van der Waals surface area contributed by atoms with E-state index in [0.717, 1.165) is 49.9 Å². The second-order valence-corrected chi connectivity index (χ2v) is 4.54. The number of aryl methyl sites for hydroxylation is 2. The van der Waals surface area contributed by atoms with Crippen LogP contribution >= 0.6 is 0 Å². The molecule has 0 aliphatic carbocycles. The summed E-state index contributed by atoms with van der Waals surface area (Å²) in [6.07, 6.45) is 0.838. The smallest absolute Gasteiger partial charge is 0.150 e. The van der Waals surface area contributed by atoms with Crippen molar-refractivity contribution in [3.8, 4) is 0 Å². The van der Waals surface area contributed by atoms with Crippen LogP contribution < -0.4 is 10.6 Å². The van der Waals surface area contributed by atoms with Gasteiger partial charge in [0.2, 0.25) is 0 Å². The molecule has 0 spiro atoms. The molecule has 0 saturated heterocycles. The van der Waals surface area contributed by atoms with Gasteiger partial charge in [-0.3, -0.25) is 4.68 Å². The standard InChI is InChI=1S/C14H28N4O2/c1-5-12-13(15)14(17(4)16-12)18(8-10-19-6-2)9-11-20-7-3/h5-11,15H2,1-4H3. The molecule has 6 heteroatoms. The second-order valence-electron chi connectivity index (χ2n) is 4.54. The van der Waals surface area contributed by atoms with Gasteiger partial charge in [0.25, 0.3) is 0 Å². The fourth-order valence-electron chi connectivity index (χ4n) is 2.18. The Morgan fingerprint density at radius 2 is 1.65 bits per heavy atom. The Kier molecular flexibility index (Phi) is 7.40. The highest BCUT2D eigenvalue weighted by molar-refractivity contribution is 5.66. The Hall–Kier alpha value is -1.27. The van der Waals surface area contributed by atoms with Gasteiger partial charge in [-0.1, -0.05) is 6.92 Å². The fourth-order valence-corrected chi connectivity index (χ4v) is 2.18.